The van der Waals surface area contributed by atoms with E-state index in [9.17, 15) is 9.59 Å². The monoisotopic (exact) mass is 366 g/mol. The number of ether oxygens (including phenoxy) is 1. The van der Waals surface area contributed by atoms with Crippen molar-refractivity contribution >= 4 is 11.6 Å². The van der Waals surface area contributed by atoms with Crippen molar-refractivity contribution < 1.29 is 9.53 Å². The van der Waals surface area contributed by atoms with E-state index in [-0.39, 0.29) is 23.1 Å². The number of carbonyl (C=O) groups excluding carboxylic acids is 1. The maximum Gasteiger partial charge on any atom is 0.285 e. The van der Waals surface area contributed by atoms with Crippen LogP contribution in [-0.2, 0) is 0 Å². The Morgan fingerprint density at radius 1 is 1.30 bits per heavy atom. The molecule has 140 valence electrons. The number of likely N-dealkylation sites (tertiary alicyclic amines) is 1. The molecule has 7 nitrogen and oxygen atoms in total. The highest BCUT2D eigenvalue weighted by molar-refractivity contribution is 5.94. The molecule has 0 saturated carbocycles. The predicted octanol–water partition coefficient (Wildman–Crippen LogP) is 2.71. The van der Waals surface area contributed by atoms with Crippen LogP contribution in [0.15, 0.2) is 41.3 Å². The van der Waals surface area contributed by atoms with Crippen molar-refractivity contribution in [2.75, 3.05) is 13.7 Å². The minimum atomic E-state index is -0.368. The smallest absolute Gasteiger partial charge is 0.285 e. The van der Waals surface area contributed by atoms with Crippen molar-refractivity contribution in [3.63, 3.8) is 0 Å². The third-order valence-corrected chi connectivity index (χ3v) is 5.09. The summed E-state index contributed by atoms with van der Waals surface area (Å²) in [5.74, 6) is 0.483. The normalized spacial score (nSPS) is 17.3. The topological polar surface area (TPSA) is 79.7 Å². The van der Waals surface area contributed by atoms with E-state index >= 15 is 0 Å². The summed E-state index contributed by atoms with van der Waals surface area (Å²) >= 11 is 0. The number of methoxy groups -OCH3 is 1. The summed E-state index contributed by atoms with van der Waals surface area (Å²) in [6.45, 7) is 2.46. The third-order valence-electron chi connectivity index (χ3n) is 5.09. The van der Waals surface area contributed by atoms with Crippen molar-refractivity contribution in [1.29, 1.82) is 0 Å². The van der Waals surface area contributed by atoms with Crippen LogP contribution in [0, 0.1) is 6.92 Å². The summed E-state index contributed by atoms with van der Waals surface area (Å²) < 4.78 is 6.65. The van der Waals surface area contributed by atoms with Crippen LogP contribution in [-0.4, -0.2) is 39.1 Å². The lowest BCUT2D eigenvalue weighted by Crippen LogP contribution is -2.41. The average Bonchev–Trinajstić information content (AvgIpc) is 3.09. The highest BCUT2D eigenvalue weighted by atomic mass is 16.5. The number of aromatic nitrogens is 3. The number of hydrogen-bond donors (Lipinski definition) is 1. The fraction of sp³-hybridized carbons (Fsp3) is 0.350. The number of benzene rings is 1. The van der Waals surface area contributed by atoms with Gasteiger partial charge in [-0.25, -0.2) is 9.50 Å². The number of aromatic amines is 1. The van der Waals surface area contributed by atoms with Crippen LogP contribution in [0.4, 0.5) is 0 Å². The van der Waals surface area contributed by atoms with Crippen molar-refractivity contribution in [2.24, 2.45) is 0 Å². The molecule has 0 aliphatic carbocycles. The summed E-state index contributed by atoms with van der Waals surface area (Å²) in [6, 6.07) is 9.47. The third kappa shape index (κ3) is 3.09. The predicted molar refractivity (Wildman–Crippen MR) is 101 cm³/mol. The van der Waals surface area contributed by atoms with Gasteiger partial charge in [0, 0.05) is 24.5 Å². The Balaban J connectivity index is 1.72. The lowest BCUT2D eigenvalue weighted by atomic mass is 9.94. The summed E-state index contributed by atoms with van der Waals surface area (Å²) in [7, 11) is 1.63. The highest BCUT2D eigenvalue weighted by Gasteiger charge is 2.30. The maximum atomic E-state index is 13.2. The van der Waals surface area contributed by atoms with E-state index in [1.165, 1.54) is 10.7 Å². The van der Waals surface area contributed by atoms with Crippen molar-refractivity contribution in [2.45, 2.75) is 32.2 Å². The molecule has 1 aromatic carbocycles. The van der Waals surface area contributed by atoms with Crippen LogP contribution in [0.5, 0.6) is 5.75 Å². The molecule has 27 heavy (non-hydrogen) atoms. The van der Waals surface area contributed by atoms with Gasteiger partial charge < -0.3 is 9.64 Å². The van der Waals surface area contributed by atoms with Crippen LogP contribution in [0.1, 0.15) is 46.9 Å². The van der Waals surface area contributed by atoms with Gasteiger partial charge in [-0.15, -0.1) is 0 Å². The summed E-state index contributed by atoms with van der Waals surface area (Å²) in [6.07, 6.45) is 4.21. The molecule has 0 radical (unpaired) electrons. The molecule has 4 rings (SSSR count). The molecule has 1 amide bonds. The first kappa shape index (κ1) is 17.3. The number of rotatable bonds is 3. The molecule has 0 spiro atoms. The summed E-state index contributed by atoms with van der Waals surface area (Å²) in [4.78, 5) is 32.1. The number of H-pyrrole nitrogens is 1. The Labute approximate surface area is 156 Å². The van der Waals surface area contributed by atoms with Crippen LogP contribution < -0.4 is 10.3 Å². The minimum absolute atomic E-state index is 0.0770. The van der Waals surface area contributed by atoms with Crippen LogP contribution in [0.2, 0.25) is 0 Å². The first-order valence-corrected chi connectivity index (χ1v) is 9.11. The van der Waals surface area contributed by atoms with Gasteiger partial charge in [-0.1, -0.05) is 12.1 Å². The zero-order chi connectivity index (χ0) is 19.0. The van der Waals surface area contributed by atoms with Gasteiger partial charge in [-0.05, 0) is 43.9 Å². The Morgan fingerprint density at radius 3 is 2.96 bits per heavy atom. The molecule has 3 aromatic rings. The van der Waals surface area contributed by atoms with E-state index in [4.69, 9.17) is 4.74 Å². The van der Waals surface area contributed by atoms with E-state index in [1.807, 2.05) is 31.2 Å². The number of nitrogens with one attached hydrogen (secondary N) is 1. The largest absolute Gasteiger partial charge is 0.497 e. The number of hydrogen-bond acceptors (Lipinski definition) is 4. The molecule has 1 aliphatic rings. The van der Waals surface area contributed by atoms with Gasteiger partial charge in [0.05, 0.1) is 13.2 Å². The minimum Gasteiger partial charge on any atom is -0.497 e. The number of amides is 1. The van der Waals surface area contributed by atoms with Crippen LogP contribution in [0.3, 0.4) is 0 Å². The summed E-state index contributed by atoms with van der Waals surface area (Å²) in [5.41, 5.74) is 2.07. The average molecular weight is 366 g/mol. The molecule has 1 saturated heterocycles. The Morgan fingerprint density at radius 2 is 2.15 bits per heavy atom. The van der Waals surface area contributed by atoms with Crippen molar-refractivity contribution in [3.8, 4) is 5.75 Å². The second kappa shape index (κ2) is 6.90. The highest BCUT2D eigenvalue weighted by Crippen LogP contribution is 2.33. The van der Waals surface area contributed by atoms with Gasteiger partial charge in [-0.3, -0.25) is 14.7 Å². The van der Waals surface area contributed by atoms with E-state index in [0.29, 0.717) is 12.2 Å². The number of piperidine rings is 1. The molecule has 1 fully saturated rings. The molecule has 2 aromatic heterocycles. The van der Waals surface area contributed by atoms with Crippen molar-refractivity contribution in [1.82, 2.24) is 19.5 Å². The molecular formula is C20H22N4O3. The van der Waals surface area contributed by atoms with Gasteiger partial charge in [0.2, 0.25) is 0 Å². The van der Waals surface area contributed by atoms with E-state index in [0.717, 1.165) is 36.3 Å². The first-order valence-electron chi connectivity index (χ1n) is 9.11. The molecule has 7 heteroatoms. The SMILES string of the molecule is COc1cccc([C@H]2CCCCN2C(=O)c2cnc3cc(C)[nH]n3c2=O)c1. The zero-order valence-corrected chi connectivity index (χ0v) is 15.4. The Kier molecular flexibility index (Phi) is 4.43. The Bertz CT molecular complexity index is 1050. The fourth-order valence-electron chi connectivity index (χ4n) is 3.75. The van der Waals surface area contributed by atoms with Gasteiger partial charge in [0.15, 0.2) is 5.65 Å². The van der Waals surface area contributed by atoms with Gasteiger partial charge in [0.25, 0.3) is 11.5 Å². The standard InChI is InChI=1S/C20H22N4O3/c1-13-10-18-21-12-16(20(26)24(18)22-13)19(25)23-9-4-3-8-17(23)14-6-5-7-15(11-14)27-2/h5-7,10-12,17,22H,3-4,8-9H2,1-2H3/t17-/m1/s1. The fourth-order valence-corrected chi connectivity index (χ4v) is 3.75. The molecule has 0 unspecified atom stereocenters. The zero-order valence-electron chi connectivity index (χ0n) is 15.4. The summed E-state index contributed by atoms with van der Waals surface area (Å²) in [5, 5.41) is 2.94. The number of carbonyl (C=O) groups is 1. The molecule has 0 bridgehead atoms. The lowest BCUT2D eigenvalue weighted by molar-refractivity contribution is 0.0608. The van der Waals surface area contributed by atoms with E-state index < -0.39 is 0 Å². The second-order valence-electron chi connectivity index (χ2n) is 6.90. The van der Waals surface area contributed by atoms with Gasteiger partial charge in [0.1, 0.15) is 11.3 Å². The molecular weight excluding hydrogens is 344 g/mol. The van der Waals surface area contributed by atoms with E-state index in [2.05, 4.69) is 10.1 Å². The van der Waals surface area contributed by atoms with Gasteiger partial charge >= 0.3 is 0 Å². The molecule has 1 aliphatic heterocycles. The molecule has 3 heterocycles. The first-order chi connectivity index (χ1) is 13.1. The van der Waals surface area contributed by atoms with Gasteiger partial charge in [-0.2, -0.15) is 0 Å². The second-order valence-corrected chi connectivity index (χ2v) is 6.90. The number of nitrogens with zero attached hydrogens (tertiary/aromatic N) is 3. The van der Waals surface area contributed by atoms with Crippen LogP contribution >= 0.6 is 0 Å². The lowest BCUT2D eigenvalue weighted by Gasteiger charge is -2.36. The maximum absolute atomic E-state index is 13.2. The Hall–Kier alpha value is -3.09. The quantitative estimate of drug-likeness (QED) is 0.773. The number of fused-ring (bicyclic) bond motifs is 1. The molecule has 1 N–H and O–H groups in total. The molecule has 1 atom stereocenters. The van der Waals surface area contributed by atoms with Crippen LogP contribution in [0.25, 0.3) is 5.65 Å². The number of aryl methyl sites for hydroxylation is 1. The van der Waals surface area contributed by atoms with Crippen molar-refractivity contribution in [3.05, 3.63) is 63.7 Å². The van der Waals surface area contributed by atoms with E-state index in [1.54, 1.807) is 18.1 Å².